The van der Waals surface area contributed by atoms with Gasteiger partial charge in [0.2, 0.25) is 5.91 Å². The number of nitrogens with zero attached hydrogens (tertiary/aromatic N) is 2. The Labute approximate surface area is 172 Å². The largest absolute Gasteiger partial charge is 0.415 e. The number of para-hydroxylation sites is 1. The first kappa shape index (κ1) is 19.5. The summed E-state index contributed by atoms with van der Waals surface area (Å²) in [6.07, 6.45) is 4.33. The van der Waals surface area contributed by atoms with Crippen molar-refractivity contribution in [3.05, 3.63) is 65.7 Å². The second-order valence-electron chi connectivity index (χ2n) is 7.89. The molecule has 1 fully saturated rings. The monoisotopic (exact) mass is 392 g/mol. The van der Waals surface area contributed by atoms with Gasteiger partial charge in [0, 0.05) is 32.6 Å². The number of carbonyl (C=O) groups excluding carboxylic acids is 2. The third-order valence-corrected chi connectivity index (χ3v) is 5.97. The van der Waals surface area contributed by atoms with Gasteiger partial charge in [-0.15, -0.1) is 0 Å². The van der Waals surface area contributed by atoms with Crippen LogP contribution in [0.25, 0.3) is 0 Å². The summed E-state index contributed by atoms with van der Waals surface area (Å²) < 4.78 is 5.45. The number of benzene rings is 2. The van der Waals surface area contributed by atoms with Crippen LogP contribution in [0.3, 0.4) is 0 Å². The molecule has 0 radical (unpaired) electrons. The summed E-state index contributed by atoms with van der Waals surface area (Å²) in [7, 11) is 0. The van der Waals surface area contributed by atoms with Gasteiger partial charge in [-0.3, -0.25) is 4.79 Å². The molecular weight excluding hydrogens is 364 g/mol. The number of rotatable bonds is 3. The van der Waals surface area contributed by atoms with E-state index in [9.17, 15) is 9.59 Å². The summed E-state index contributed by atoms with van der Waals surface area (Å²) in [5.74, 6) is 1.06. The van der Waals surface area contributed by atoms with Gasteiger partial charge >= 0.3 is 6.09 Å². The van der Waals surface area contributed by atoms with Crippen LogP contribution in [0.5, 0.6) is 5.75 Å². The number of hydrogen-bond donors (Lipinski definition) is 0. The number of carbonyl (C=O) groups is 2. The molecule has 5 heteroatoms. The Kier molecular flexibility index (Phi) is 6.13. The predicted molar refractivity (Wildman–Crippen MR) is 112 cm³/mol. The van der Waals surface area contributed by atoms with Crippen LogP contribution in [-0.4, -0.2) is 48.0 Å². The molecule has 0 aromatic heterocycles. The molecule has 1 atom stereocenters. The van der Waals surface area contributed by atoms with Crippen molar-refractivity contribution >= 4 is 12.0 Å². The number of fused-ring (bicyclic) bond motifs is 1. The zero-order valence-electron chi connectivity index (χ0n) is 16.8. The molecule has 152 valence electrons. The molecule has 4 rings (SSSR count). The van der Waals surface area contributed by atoms with Gasteiger partial charge < -0.3 is 14.5 Å². The maximum Gasteiger partial charge on any atom is 0.415 e. The van der Waals surface area contributed by atoms with E-state index in [4.69, 9.17) is 4.74 Å². The van der Waals surface area contributed by atoms with Crippen LogP contribution in [0.1, 0.15) is 42.7 Å². The second-order valence-corrected chi connectivity index (χ2v) is 7.89. The molecule has 0 saturated carbocycles. The fourth-order valence-corrected chi connectivity index (χ4v) is 4.41. The first-order chi connectivity index (χ1) is 14.2. The molecule has 1 aliphatic heterocycles. The quantitative estimate of drug-likeness (QED) is 0.785. The summed E-state index contributed by atoms with van der Waals surface area (Å²) >= 11 is 0. The summed E-state index contributed by atoms with van der Waals surface area (Å²) in [4.78, 5) is 29.1. The summed E-state index contributed by atoms with van der Waals surface area (Å²) in [6.45, 7) is 2.39. The minimum Gasteiger partial charge on any atom is -0.410 e. The topological polar surface area (TPSA) is 49.9 Å². The maximum absolute atomic E-state index is 13.0. The Balaban J connectivity index is 1.33. The first-order valence-electron chi connectivity index (χ1n) is 10.6. The van der Waals surface area contributed by atoms with E-state index in [1.54, 1.807) is 17.0 Å². The van der Waals surface area contributed by atoms with E-state index in [0.717, 1.165) is 25.7 Å². The second kappa shape index (κ2) is 9.12. The zero-order chi connectivity index (χ0) is 20.1. The maximum atomic E-state index is 13.0. The SMILES string of the molecule is O=C(C[C@H]1CCCc2ccccc21)N1CCCN(C(=O)Oc2ccccc2)CC1. The van der Waals surface area contributed by atoms with Crippen LogP contribution >= 0.6 is 0 Å². The lowest BCUT2D eigenvalue weighted by molar-refractivity contribution is -0.131. The Morgan fingerprint density at radius 2 is 1.59 bits per heavy atom. The molecule has 0 N–H and O–H groups in total. The molecule has 1 saturated heterocycles. The van der Waals surface area contributed by atoms with Crippen molar-refractivity contribution in [1.82, 2.24) is 9.80 Å². The van der Waals surface area contributed by atoms with E-state index in [1.807, 2.05) is 23.1 Å². The van der Waals surface area contributed by atoms with Crippen molar-refractivity contribution in [3.63, 3.8) is 0 Å². The minimum absolute atomic E-state index is 0.199. The van der Waals surface area contributed by atoms with Gasteiger partial charge in [-0.25, -0.2) is 4.79 Å². The average molecular weight is 392 g/mol. The fourth-order valence-electron chi connectivity index (χ4n) is 4.41. The molecule has 0 spiro atoms. The summed E-state index contributed by atoms with van der Waals surface area (Å²) in [5, 5.41) is 0. The lowest BCUT2D eigenvalue weighted by atomic mass is 9.81. The number of ether oxygens (including phenoxy) is 1. The van der Waals surface area contributed by atoms with E-state index in [-0.39, 0.29) is 12.0 Å². The highest BCUT2D eigenvalue weighted by molar-refractivity contribution is 5.77. The molecular formula is C24H28N2O3. The highest BCUT2D eigenvalue weighted by Crippen LogP contribution is 2.34. The molecule has 5 nitrogen and oxygen atoms in total. The van der Waals surface area contributed by atoms with Crippen molar-refractivity contribution in [1.29, 1.82) is 0 Å². The van der Waals surface area contributed by atoms with Crippen molar-refractivity contribution in [2.75, 3.05) is 26.2 Å². The van der Waals surface area contributed by atoms with E-state index in [1.165, 1.54) is 11.1 Å². The van der Waals surface area contributed by atoms with Crippen LogP contribution < -0.4 is 4.74 Å². The third-order valence-electron chi connectivity index (χ3n) is 5.97. The molecule has 2 aromatic carbocycles. The highest BCUT2D eigenvalue weighted by Gasteiger charge is 2.27. The zero-order valence-corrected chi connectivity index (χ0v) is 16.8. The molecule has 2 amide bonds. The molecule has 2 aromatic rings. The predicted octanol–water partition coefficient (Wildman–Crippen LogP) is 4.23. The standard InChI is InChI=1S/C24H28N2O3/c27-23(18-20-10-6-9-19-8-4-5-13-22(19)20)25-14-7-15-26(17-16-25)24(28)29-21-11-2-1-3-12-21/h1-5,8,11-13,20H,6-7,9-10,14-18H2/t20-/m1/s1. The van der Waals surface area contributed by atoms with E-state index >= 15 is 0 Å². The third kappa shape index (κ3) is 4.78. The van der Waals surface area contributed by atoms with Gasteiger partial charge in [0.1, 0.15) is 5.75 Å². The minimum atomic E-state index is -0.341. The van der Waals surface area contributed by atoms with Crippen LogP contribution in [0.4, 0.5) is 4.79 Å². The molecule has 0 unspecified atom stereocenters. The van der Waals surface area contributed by atoms with Gasteiger partial charge in [0.25, 0.3) is 0 Å². The summed E-state index contributed by atoms with van der Waals surface area (Å²) in [6, 6.07) is 17.6. The number of aryl methyl sites for hydroxylation is 1. The van der Waals surface area contributed by atoms with E-state index in [2.05, 4.69) is 24.3 Å². The lowest BCUT2D eigenvalue weighted by Gasteiger charge is -2.28. The Morgan fingerprint density at radius 1 is 0.862 bits per heavy atom. The Bertz CT molecular complexity index is 852. The fraction of sp³-hybridized carbons (Fsp3) is 0.417. The van der Waals surface area contributed by atoms with Crippen LogP contribution in [0.2, 0.25) is 0 Å². The van der Waals surface area contributed by atoms with Gasteiger partial charge in [-0.05, 0) is 54.9 Å². The summed E-state index contributed by atoms with van der Waals surface area (Å²) in [5.41, 5.74) is 2.73. The van der Waals surface area contributed by atoms with Crippen molar-refractivity contribution in [2.45, 2.75) is 38.0 Å². The highest BCUT2D eigenvalue weighted by atomic mass is 16.6. The lowest BCUT2D eigenvalue weighted by Crippen LogP contribution is -2.39. The van der Waals surface area contributed by atoms with Gasteiger partial charge in [-0.1, -0.05) is 42.5 Å². The van der Waals surface area contributed by atoms with Crippen molar-refractivity contribution < 1.29 is 14.3 Å². The normalized spacial score (nSPS) is 19.2. The van der Waals surface area contributed by atoms with Crippen LogP contribution in [0.15, 0.2) is 54.6 Å². The van der Waals surface area contributed by atoms with Crippen LogP contribution in [-0.2, 0) is 11.2 Å². The van der Waals surface area contributed by atoms with Gasteiger partial charge in [0.05, 0.1) is 0 Å². The van der Waals surface area contributed by atoms with E-state index < -0.39 is 0 Å². The van der Waals surface area contributed by atoms with Crippen LogP contribution in [0, 0.1) is 0 Å². The molecule has 0 bridgehead atoms. The first-order valence-corrected chi connectivity index (χ1v) is 10.6. The average Bonchev–Trinajstić information content (AvgIpc) is 3.01. The number of hydrogen-bond acceptors (Lipinski definition) is 3. The van der Waals surface area contributed by atoms with Gasteiger partial charge in [0.15, 0.2) is 0 Å². The van der Waals surface area contributed by atoms with Gasteiger partial charge in [-0.2, -0.15) is 0 Å². The molecule has 1 aliphatic carbocycles. The van der Waals surface area contributed by atoms with E-state index in [0.29, 0.717) is 44.3 Å². The molecule has 2 aliphatic rings. The van der Waals surface area contributed by atoms with Crippen molar-refractivity contribution in [2.24, 2.45) is 0 Å². The molecule has 29 heavy (non-hydrogen) atoms. The van der Waals surface area contributed by atoms with Crippen molar-refractivity contribution in [3.8, 4) is 5.75 Å². The molecule has 1 heterocycles. The number of amides is 2. The Morgan fingerprint density at radius 3 is 2.45 bits per heavy atom. The smallest absolute Gasteiger partial charge is 0.410 e. The Hall–Kier alpha value is -2.82.